The number of carbonyl (C=O) groups excluding carboxylic acids is 1. The number of rotatable bonds is 4. The molecule has 0 saturated carbocycles. The van der Waals surface area contributed by atoms with Gasteiger partial charge in [0, 0.05) is 18.1 Å². The van der Waals surface area contributed by atoms with Crippen LogP contribution in [0.2, 0.25) is 0 Å². The third kappa shape index (κ3) is 3.68. The predicted octanol–water partition coefficient (Wildman–Crippen LogP) is 4.24. The van der Waals surface area contributed by atoms with Crippen LogP contribution in [-0.2, 0) is 5.92 Å². The summed E-state index contributed by atoms with van der Waals surface area (Å²) in [6, 6.07) is 11.6. The number of nitrogens with zero attached hydrogens (tertiary/aromatic N) is 2. The van der Waals surface area contributed by atoms with Gasteiger partial charge in [-0.2, -0.15) is 13.8 Å². The van der Waals surface area contributed by atoms with Crippen LogP contribution in [0.4, 0.5) is 18.9 Å². The zero-order valence-electron chi connectivity index (χ0n) is 13.0. The maximum Gasteiger partial charge on any atom is 0.322 e. The van der Waals surface area contributed by atoms with Gasteiger partial charge in [-0.05, 0) is 24.3 Å². The second kappa shape index (κ2) is 6.39. The zero-order chi connectivity index (χ0) is 18.0. The van der Waals surface area contributed by atoms with Gasteiger partial charge in [0.05, 0.1) is 5.69 Å². The fraction of sp³-hybridized carbons (Fsp3) is 0.118. The SMILES string of the molecule is CC(F)(F)c1nc(-c2ccc(C(=O)Nc3ccccc3F)cc2)no1. The van der Waals surface area contributed by atoms with E-state index >= 15 is 0 Å². The minimum absolute atomic E-state index is 0.0161. The standard InChI is InChI=1S/C17H12F3N3O2/c1-17(19,20)16-22-14(23-25-16)10-6-8-11(9-7-10)15(24)21-13-5-3-2-4-12(13)18/h2-9H,1H3,(H,21,24). The molecule has 25 heavy (non-hydrogen) atoms. The smallest absolute Gasteiger partial charge is 0.322 e. The Morgan fingerprint density at radius 1 is 1.12 bits per heavy atom. The van der Waals surface area contributed by atoms with Crippen molar-refractivity contribution in [3.63, 3.8) is 0 Å². The van der Waals surface area contributed by atoms with Crippen LogP contribution in [-0.4, -0.2) is 16.0 Å². The van der Waals surface area contributed by atoms with Crippen LogP contribution in [0.1, 0.15) is 23.2 Å². The first-order valence-electron chi connectivity index (χ1n) is 7.23. The fourth-order valence-electron chi connectivity index (χ4n) is 2.05. The van der Waals surface area contributed by atoms with E-state index in [-0.39, 0.29) is 17.1 Å². The van der Waals surface area contributed by atoms with Crippen LogP contribution in [0.3, 0.4) is 0 Å². The maximum atomic E-state index is 13.5. The molecule has 128 valence electrons. The Hall–Kier alpha value is -3.16. The van der Waals surface area contributed by atoms with Crippen LogP contribution in [0, 0.1) is 5.82 Å². The van der Waals surface area contributed by atoms with E-state index in [1.54, 1.807) is 6.07 Å². The number of anilines is 1. The van der Waals surface area contributed by atoms with Gasteiger partial charge in [-0.1, -0.05) is 29.4 Å². The van der Waals surface area contributed by atoms with Crippen molar-refractivity contribution in [2.24, 2.45) is 0 Å². The molecule has 0 saturated heterocycles. The maximum absolute atomic E-state index is 13.5. The molecule has 1 heterocycles. The van der Waals surface area contributed by atoms with Crippen molar-refractivity contribution >= 4 is 11.6 Å². The molecular formula is C17H12F3N3O2. The van der Waals surface area contributed by atoms with Crippen molar-refractivity contribution in [2.45, 2.75) is 12.8 Å². The molecule has 0 spiro atoms. The lowest BCUT2D eigenvalue weighted by molar-refractivity contribution is -0.0158. The molecule has 0 radical (unpaired) electrons. The largest absolute Gasteiger partial charge is 0.332 e. The number of hydrogen-bond donors (Lipinski definition) is 1. The quantitative estimate of drug-likeness (QED) is 0.766. The Morgan fingerprint density at radius 3 is 2.40 bits per heavy atom. The highest BCUT2D eigenvalue weighted by molar-refractivity contribution is 6.04. The Kier molecular flexibility index (Phi) is 4.26. The van der Waals surface area contributed by atoms with Gasteiger partial charge < -0.3 is 9.84 Å². The van der Waals surface area contributed by atoms with Crippen LogP contribution in [0.25, 0.3) is 11.4 Å². The number of carbonyl (C=O) groups is 1. The van der Waals surface area contributed by atoms with Crippen molar-refractivity contribution in [2.75, 3.05) is 5.32 Å². The first kappa shape index (κ1) is 16.7. The number of hydrogen-bond acceptors (Lipinski definition) is 4. The molecule has 0 aliphatic rings. The van der Waals surface area contributed by atoms with Gasteiger partial charge in [0.15, 0.2) is 0 Å². The van der Waals surface area contributed by atoms with Gasteiger partial charge in [0.2, 0.25) is 5.82 Å². The normalized spacial score (nSPS) is 11.4. The van der Waals surface area contributed by atoms with E-state index in [4.69, 9.17) is 0 Å². The summed E-state index contributed by atoms with van der Waals surface area (Å²) in [5, 5.41) is 5.94. The molecule has 0 aliphatic carbocycles. The summed E-state index contributed by atoms with van der Waals surface area (Å²) >= 11 is 0. The zero-order valence-corrected chi connectivity index (χ0v) is 13.0. The van der Waals surface area contributed by atoms with E-state index in [0.29, 0.717) is 12.5 Å². The van der Waals surface area contributed by atoms with Crippen LogP contribution in [0.15, 0.2) is 53.1 Å². The van der Waals surface area contributed by atoms with E-state index in [0.717, 1.165) is 0 Å². The number of benzene rings is 2. The Morgan fingerprint density at radius 2 is 1.80 bits per heavy atom. The summed E-state index contributed by atoms with van der Waals surface area (Å²) in [4.78, 5) is 15.8. The average Bonchev–Trinajstić information content (AvgIpc) is 3.07. The van der Waals surface area contributed by atoms with E-state index in [1.807, 2.05) is 0 Å². The molecule has 0 aliphatic heterocycles. The molecule has 5 nitrogen and oxygen atoms in total. The van der Waals surface area contributed by atoms with Crippen molar-refractivity contribution in [1.82, 2.24) is 10.1 Å². The molecule has 1 N–H and O–H groups in total. The molecule has 3 rings (SSSR count). The van der Waals surface area contributed by atoms with Gasteiger partial charge in [0.1, 0.15) is 5.82 Å². The van der Waals surface area contributed by atoms with Gasteiger partial charge in [-0.25, -0.2) is 4.39 Å². The van der Waals surface area contributed by atoms with Crippen LogP contribution < -0.4 is 5.32 Å². The second-order valence-corrected chi connectivity index (χ2v) is 5.32. The van der Waals surface area contributed by atoms with E-state index < -0.39 is 23.5 Å². The van der Waals surface area contributed by atoms with Crippen LogP contribution in [0.5, 0.6) is 0 Å². The molecule has 0 bridgehead atoms. The molecule has 1 amide bonds. The van der Waals surface area contributed by atoms with Crippen molar-refractivity contribution in [3.8, 4) is 11.4 Å². The lowest BCUT2D eigenvalue weighted by Gasteiger charge is -2.06. The lowest BCUT2D eigenvalue weighted by Crippen LogP contribution is -2.12. The molecule has 1 aromatic heterocycles. The minimum atomic E-state index is -3.23. The van der Waals surface area contributed by atoms with E-state index in [9.17, 15) is 18.0 Å². The first-order chi connectivity index (χ1) is 11.8. The number of amides is 1. The third-order valence-electron chi connectivity index (χ3n) is 3.33. The van der Waals surface area contributed by atoms with Crippen molar-refractivity contribution in [1.29, 1.82) is 0 Å². The Balaban J connectivity index is 1.77. The highest BCUT2D eigenvalue weighted by atomic mass is 19.3. The topological polar surface area (TPSA) is 68.0 Å². The molecule has 2 aromatic carbocycles. The number of alkyl halides is 2. The number of nitrogens with one attached hydrogen (secondary N) is 1. The van der Waals surface area contributed by atoms with Gasteiger partial charge in [-0.3, -0.25) is 4.79 Å². The number of halogens is 3. The summed E-state index contributed by atoms with van der Waals surface area (Å²) in [5.41, 5.74) is 0.725. The molecule has 8 heteroatoms. The van der Waals surface area contributed by atoms with Gasteiger partial charge in [-0.15, -0.1) is 0 Å². The Bertz CT molecular complexity index is 902. The average molecular weight is 347 g/mol. The summed E-state index contributed by atoms with van der Waals surface area (Å²) < 4.78 is 44.3. The van der Waals surface area contributed by atoms with Crippen LogP contribution >= 0.6 is 0 Å². The highest BCUT2D eigenvalue weighted by Gasteiger charge is 2.32. The summed E-state index contributed by atoms with van der Waals surface area (Å²) in [6.45, 7) is 0.653. The fourth-order valence-corrected chi connectivity index (χ4v) is 2.05. The van der Waals surface area contributed by atoms with Crippen molar-refractivity contribution in [3.05, 3.63) is 65.8 Å². The van der Waals surface area contributed by atoms with E-state index in [1.165, 1.54) is 42.5 Å². The predicted molar refractivity (Wildman–Crippen MR) is 83.7 cm³/mol. The second-order valence-electron chi connectivity index (χ2n) is 5.32. The number of aromatic nitrogens is 2. The molecule has 0 fully saturated rings. The molecule has 0 unspecified atom stereocenters. The lowest BCUT2D eigenvalue weighted by atomic mass is 10.1. The highest BCUT2D eigenvalue weighted by Crippen LogP contribution is 2.27. The summed E-state index contributed by atoms with van der Waals surface area (Å²) in [5.74, 6) is -5.09. The van der Waals surface area contributed by atoms with Gasteiger partial charge >= 0.3 is 5.92 Å². The number of para-hydroxylation sites is 1. The molecular weight excluding hydrogens is 335 g/mol. The van der Waals surface area contributed by atoms with Crippen molar-refractivity contribution < 1.29 is 22.5 Å². The first-order valence-corrected chi connectivity index (χ1v) is 7.23. The Labute approximate surface area is 140 Å². The summed E-state index contributed by atoms with van der Waals surface area (Å²) in [6.07, 6.45) is 0. The molecule has 0 atom stereocenters. The third-order valence-corrected chi connectivity index (χ3v) is 3.33. The molecule has 3 aromatic rings. The van der Waals surface area contributed by atoms with Gasteiger partial charge in [0.25, 0.3) is 11.8 Å². The van der Waals surface area contributed by atoms with E-state index in [2.05, 4.69) is 20.0 Å². The minimum Gasteiger partial charge on any atom is -0.332 e. The summed E-state index contributed by atoms with van der Waals surface area (Å²) in [7, 11) is 0. The monoisotopic (exact) mass is 347 g/mol.